The smallest absolute Gasteiger partial charge is 0.417 e. The van der Waals surface area contributed by atoms with Gasteiger partial charge in [0.15, 0.2) is 11.6 Å². The van der Waals surface area contributed by atoms with Crippen LogP contribution in [0.4, 0.5) is 27.8 Å². The molecule has 2 aromatic carbocycles. The molecule has 0 bridgehead atoms. The van der Waals surface area contributed by atoms with Crippen LogP contribution in [-0.2, 0) is 22.3 Å². The Balaban J connectivity index is 1.66. The number of halogens is 5. The van der Waals surface area contributed by atoms with Crippen molar-refractivity contribution in [2.24, 2.45) is 5.41 Å². The van der Waals surface area contributed by atoms with Gasteiger partial charge in [-0.25, -0.2) is 13.6 Å². The highest BCUT2D eigenvalue weighted by Gasteiger charge is 2.45. The van der Waals surface area contributed by atoms with Crippen LogP contribution < -0.4 is 10.6 Å². The molecule has 0 saturated carbocycles. The molecule has 2 fully saturated rings. The molecule has 3 aliphatic rings. The topological polar surface area (TPSA) is 87.9 Å². The lowest BCUT2D eigenvalue weighted by Crippen LogP contribution is -2.54. The molecule has 6 rings (SSSR count). The molecule has 42 heavy (non-hydrogen) atoms. The summed E-state index contributed by atoms with van der Waals surface area (Å²) >= 11 is 1.04. The van der Waals surface area contributed by atoms with E-state index in [0.29, 0.717) is 12.1 Å². The minimum absolute atomic E-state index is 0.0200. The van der Waals surface area contributed by atoms with E-state index in [1.54, 1.807) is 16.7 Å². The summed E-state index contributed by atoms with van der Waals surface area (Å²) in [6, 6.07) is 1.40. The molecule has 1 amide bonds. The Morgan fingerprint density at radius 3 is 2.57 bits per heavy atom. The number of aromatic hydroxyl groups is 1. The highest BCUT2D eigenvalue weighted by atomic mass is 32.2. The number of phenolic OH excluding ortho intramolecular Hbond substituents is 1. The highest BCUT2D eigenvalue weighted by molar-refractivity contribution is 7.99. The zero-order valence-electron chi connectivity index (χ0n) is 22.3. The van der Waals surface area contributed by atoms with Crippen molar-refractivity contribution in [2.75, 3.05) is 43.5 Å². The molecule has 3 aliphatic heterocycles. The Bertz CT molecular complexity index is 1700. The number of anilines is 1. The van der Waals surface area contributed by atoms with E-state index >= 15 is 4.39 Å². The van der Waals surface area contributed by atoms with Crippen LogP contribution in [0.15, 0.2) is 40.5 Å². The number of phenols is 1. The minimum Gasteiger partial charge on any atom is -0.505 e. The number of piperazine rings is 1. The van der Waals surface area contributed by atoms with Crippen LogP contribution >= 0.6 is 11.8 Å². The molecule has 1 aromatic heterocycles. The standard InChI is InChI=1S/C28H25F5N4O4S/c1-3-21(39)35-4-5-36(14(2)9-35)25-16-6-17(28(31,32)33)22(15-7-20(38)19(30)8-18(15)29)24-23(16)37(26(40)34-25)10-27(13-42-24)11-41-12-27/h3,6-8,14,38H,1,4-5,9-13H2,2H3. The van der Waals surface area contributed by atoms with Gasteiger partial charge < -0.3 is 19.6 Å². The zero-order valence-corrected chi connectivity index (χ0v) is 23.1. The average molecular weight is 609 g/mol. The number of amides is 1. The van der Waals surface area contributed by atoms with E-state index in [4.69, 9.17) is 4.74 Å². The van der Waals surface area contributed by atoms with Crippen molar-refractivity contribution in [3.05, 3.63) is 58.5 Å². The fourth-order valence-corrected chi connectivity index (χ4v) is 7.32. The van der Waals surface area contributed by atoms with Crippen LogP contribution in [0, 0.1) is 17.0 Å². The summed E-state index contributed by atoms with van der Waals surface area (Å²) in [7, 11) is 0. The number of carbonyl (C=O) groups is 1. The maximum Gasteiger partial charge on any atom is 0.417 e. The molecule has 1 N–H and O–H groups in total. The van der Waals surface area contributed by atoms with E-state index in [2.05, 4.69) is 11.6 Å². The van der Waals surface area contributed by atoms with Crippen molar-refractivity contribution in [3.63, 3.8) is 0 Å². The van der Waals surface area contributed by atoms with E-state index < -0.39 is 57.4 Å². The summed E-state index contributed by atoms with van der Waals surface area (Å²) < 4.78 is 80.3. The summed E-state index contributed by atoms with van der Waals surface area (Å²) in [4.78, 5) is 33.3. The largest absolute Gasteiger partial charge is 0.505 e. The fraction of sp³-hybridized carbons (Fsp3) is 0.393. The van der Waals surface area contributed by atoms with Crippen LogP contribution in [0.5, 0.6) is 5.75 Å². The van der Waals surface area contributed by atoms with Gasteiger partial charge in [0, 0.05) is 70.9 Å². The zero-order chi connectivity index (χ0) is 30.1. The number of benzene rings is 2. The SMILES string of the molecule is C=CC(=O)N1CCN(c2nc(=O)n3c4c(c(-c5cc(O)c(F)cc5F)c(C(F)(F)F)cc24)SCC2(COC2)C3)C(C)C1. The Hall–Kier alpha value is -3.65. The average Bonchev–Trinajstić information content (AvgIpc) is 3.11. The molecule has 1 atom stereocenters. The molecule has 0 radical (unpaired) electrons. The molecule has 2 saturated heterocycles. The Kier molecular flexibility index (Phi) is 6.76. The van der Waals surface area contributed by atoms with Gasteiger partial charge in [-0.15, -0.1) is 11.8 Å². The number of alkyl halides is 3. The van der Waals surface area contributed by atoms with Crippen molar-refractivity contribution in [1.82, 2.24) is 14.5 Å². The second kappa shape index (κ2) is 9.97. The molecule has 4 heterocycles. The van der Waals surface area contributed by atoms with Gasteiger partial charge in [-0.2, -0.15) is 18.2 Å². The molecule has 222 valence electrons. The van der Waals surface area contributed by atoms with Gasteiger partial charge in [0.1, 0.15) is 11.6 Å². The van der Waals surface area contributed by atoms with Gasteiger partial charge in [0.2, 0.25) is 5.91 Å². The van der Waals surface area contributed by atoms with E-state index in [1.165, 1.54) is 10.6 Å². The molecule has 1 spiro atoms. The van der Waals surface area contributed by atoms with Gasteiger partial charge in [0.25, 0.3) is 0 Å². The highest BCUT2D eigenvalue weighted by Crippen LogP contribution is 2.51. The molecular formula is C28H25F5N4O4S. The van der Waals surface area contributed by atoms with Crippen molar-refractivity contribution >= 4 is 34.4 Å². The van der Waals surface area contributed by atoms with Gasteiger partial charge >= 0.3 is 11.9 Å². The maximum absolute atomic E-state index is 15.2. The summed E-state index contributed by atoms with van der Waals surface area (Å²) in [5, 5.41) is 10.1. The fourth-order valence-electron chi connectivity index (χ4n) is 5.89. The molecule has 1 unspecified atom stereocenters. The lowest BCUT2D eigenvalue weighted by atomic mass is 9.88. The first-order valence-corrected chi connectivity index (χ1v) is 14.1. The first-order valence-electron chi connectivity index (χ1n) is 13.1. The third-order valence-electron chi connectivity index (χ3n) is 8.03. The third-order valence-corrected chi connectivity index (χ3v) is 9.47. The molecule has 3 aromatic rings. The number of aromatic nitrogens is 2. The van der Waals surface area contributed by atoms with Crippen molar-refractivity contribution in [3.8, 4) is 16.9 Å². The molecular weight excluding hydrogens is 583 g/mol. The Morgan fingerprint density at radius 1 is 1.21 bits per heavy atom. The Labute approximate surface area is 240 Å². The summed E-state index contributed by atoms with van der Waals surface area (Å²) in [5.74, 6) is -3.63. The van der Waals surface area contributed by atoms with Gasteiger partial charge in [-0.3, -0.25) is 9.36 Å². The first-order chi connectivity index (χ1) is 19.8. The third kappa shape index (κ3) is 4.51. The van der Waals surface area contributed by atoms with Crippen molar-refractivity contribution < 1.29 is 36.6 Å². The molecule has 14 heteroatoms. The minimum atomic E-state index is -5.00. The number of hydrogen-bond donors (Lipinski definition) is 1. The molecule has 8 nitrogen and oxygen atoms in total. The second-order valence-corrected chi connectivity index (χ2v) is 11.9. The number of ether oxygens (including phenoxy) is 1. The monoisotopic (exact) mass is 608 g/mol. The van der Waals surface area contributed by atoms with Gasteiger partial charge in [0.05, 0.1) is 24.3 Å². The van der Waals surface area contributed by atoms with Crippen LogP contribution in [-0.4, -0.2) is 70.1 Å². The first kappa shape index (κ1) is 28.5. The molecule has 0 aliphatic carbocycles. The predicted octanol–water partition coefficient (Wildman–Crippen LogP) is 4.41. The Morgan fingerprint density at radius 2 is 1.95 bits per heavy atom. The van der Waals surface area contributed by atoms with Crippen molar-refractivity contribution in [1.29, 1.82) is 0 Å². The number of thioether (sulfide) groups is 1. The van der Waals surface area contributed by atoms with Crippen LogP contribution in [0.1, 0.15) is 12.5 Å². The van der Waals surface area contributed by atoms with Crippen LogP contribution in [0.3, 0.4) is 0 Å². The van der Waals surface area contributed by atoms with E-state index in [0.717, 1.165) is 17.8 Å². The summed E-state index contributed by atoms with van der Waals surface area (Å²) in [6.07, 6.45) is -3.82. The lowest BCUT2D eigenvalue weighted by molar-refractivity contribution is -0.137. The van der Waals surface area contributed by atoms with Crippen molar-refractivity contribution in [2.45, 2.75) is 30.6 Å². The van der Waals surface area contributed by atoms with Gasteiger partial charge in [-0.1, -0.05) is 6.58 Å². The van der Waals surface area contributed by atoms with Gasteiger partial charge in [-0.05, 0) is 25.1 Å². The van der Waals surface area contributed by atoms with Crippen LogP contribution in [0.2, 0.25) is 0 Å². The number of hydrogen-bond acceptors (Lipinski definition) is 7. The van der Waals surface area contributed by atoms with Crippen LogP contribution in [0.25, 0.3) is 22.0 Å². The van der Waals surface area contributed by atoms with E-state index in [9.17, 15) is 32.3 Å². The lowest BCUT2D eigenvalue weighted by Gasteiger charge is -2.41. The number of rotatable bonds is 3. The maximum atomic E-state index is 15.2. The van der Waals surface area contributed by atoms with E-state index in [-0.39, 0.29) is 72.7 Å². The normalized spacial score (nSPS) is 20.0. The second-order valence-electron chi connectivity index (χ2n) is 10.9. The summed E-state index contributed by atoms with van der Waals surface area (Å²) in [5.41, 5.74) is -3.57. The quantitative estimate of drug-likeness (QED) is 0.348. The van der Waals surface area contributed by atoms with E-state index in [1.807, 2.05) is 0 Å². The number of nitrogens with zero attached hydrogens (tertiary/aromatic N) is 4. The predicted molar refractivity (Wildman–Crippen MR) is 146 cm³/mol. The summed E-state index contributed by atoms with van der Waals surface area (Å²) in [6.45, 7) is 6.58. The number of carbonyl (C=O) groups excluding carboxylic acids is 1.